The standard InChI is InChI=1S/C17H14FN3O4/c1-23-10-7-8-12(14(9-10)24-2)16-20-21-17(25-16)19-15(22)11-5-3-4-6-13(11)18/h3-9H,1-2H3,(H,19,21,22). The number of nitrogens with one attached hydrogen (secondary N) is 1. The van der Waals surface area contributed by atoms with Gasteiger partial charge in [0.05, 0.1) is 25.3 Å². The minimum Gasteiger partial charge on any atom is -0.497 e. The second-order valence-electron chi connectivity index (χ2n) is 4.91. The highest BCUT2D eigenvalue weighted by Gasteiger charge is 2.17. The first-order valence-corrected chi connectivity index (χ1v) is 7.24. The van der Waals surface area contributed by atoms with Crippen molar-refractivity contribution in [3.63, 3.8) is 0 Å². The van der Waals surface area contributed by atoms with Crippen molar-refractivity contribution in [3.05, 3.63) is 53.8 Å². The van der Waals surface area contributed by atoms with Crippen LogP contribution in [0.1, 0.15) is 10.4 Å². The smallest absolute Gasteiger partial charge is 0.322 e. The molecule has 3 aromatic rings. The number of aromatic nitrogens is 2. The Balaban J connectivity index is 1.84. The summed E-state index contributed by atoms with van der Waals surface area (Å²) in [5.41, 5.74) is 0.409. The van der Waals surface area contributed by atoms with Gasteiger partial charge < -0.3 is 13.9 Å². The van der Waals surface area contributed by atoms with Gasteiger partial charge in [0.15, 0.2) is 0 Å². The van der Waals surface area contributed by atoms with Gasteiger partial charge in [-0.05, 0) is 24.3 Å². The molecule has 7 nitrogen and oxygen atoms in total. The number of amides is 1. The van der Waals surface area contributed by atoms with Gasteiger partial charge in [0.1, 0.15) is 17.3 Å². The molecule has 128 valence electrons. The molecule has 0 atom stereocenters. The van der Waals surface area contributed by atoms with E-state index in [1.165, 1.54) is 32.4 Å². The van der Waals surface area contributed by atoms with Crippen LogP contribution in [0.3, 0.4) is 0 Å². The van der Waals surface area contributed by atoms with Crippen LogP contribution in [-0.4, -0.2) is 30.3 Å². The van der Waals surface area contributed by atoms with Gasteiger partial charge >= 0.3 is 6.01 Å². The van der Waals surface area contributed by atoms with E-state index < -0.39 is 11.7 Å². The van der Waals surface area contributed by atoms with Crippen LogP contribution in [0.2, 0.25) is 0 Å². The fraction of sp³-hybridized carbons (Fsp3) is 0.118. The fourth-order valence-electron chi connectivity index (χ4n) is 2.17. The lowest BCUT2D eigenvalue weighted by Gasteiger charge is -2.07. The average molecular weight is 343 g/mol. The molecule has 3 rings (SSSR count). The van der Waals surface area contributed by atoms with Crippen LogP contribution in [0.4, 0.5) is 10.4 Å². The second kappa shape index (κ2) is 7.00. The SMILES string of the molecule is COc1ccc(-c2nnc(NC(=O)c3ccccc3F)o2)c(OC)c1. The number of hydrogen-bond donors (Lipinski definition) is 1. The largest absolute Gasteiger partial charge is 0.497 e. The number of anilines is 1. The molecule has 1 aromatic heterocycles. The fourth-order valence-corrected chi connectivity index (χ4v) is 2.17. The summed E-state index contributed by atoms with van der Waals surface area (Å²) in [6.07, 6.45) is 0. The molecule has 25 heavy (non-hydrogen) atoms. The van der Waals surface area contributed by atoms with Crippen LogP contribution < -0.4 is 14.8 Å². The first-order chi connectivity index (χ1) is 12.1. The van der Waals surface area contributed by atoms with Gasteiger partial charge in [0.25, 0.3) is 11.8 Å². The molecule has 8 heteroatoms. The molecule has 1 heterocycles. The Morgan fingerprint density at radius 3 is 2.64 bits per heavy atom. The molecule has 1 amide bonds. The van der Waals surface area contributed by atoms with Crippen LogP contribution in [-0.2, 0) is 0 Å². The highest BCUT2D eigenvalue weighted by molar-refractivity contribution is 6.03. The van der Waals surface area contributed by atoms with E-state index in [4.69, 9.17) is 13.9 Å². The Morgan fingerprint density at radius 2 is 1.92 bits per heavy atom. The Kier molecular flexibility index (Phi) is 4.60. The highest BCUT2D eigenvalue weighted by atomic mass is 19.1. The van der Waals surface area contributed by atoms with Gasteiger partial charge in [-0.1, -0.05) is 17.2 Å². The molecule has 0 radical (unpaired) electrons. The molecule has 0 saturated heterocycles. The number of methoxy groups -OCH3 is 2. The van der Waals surface area contributed by atoms with Gasteiger partial charge in [-0.2, -0.15) is 0 Å². The van der Waals surface area contributed by atoms with Crippen molar-refractivity contribution >= 4 is 11.9 Å². The summed E-state index contributed by atoms with van der Waals surface area (Å²) in [6.45, 7) is 0. The third kappa shape index (κ3) is 3.42. The third-order valence-electron chi connectivity index (χ3n) is 3.40. The van der Waals surface area contributed by atoms with Gasteiger partial charge in [0, 0.05) is 6.07 Å². The lowest BCUT2D eigenvalue weighted by Crippen LogP contribution is -2.13. The quantitative estimate of drug-likeness (QED) is 0.766. The summed E-state index contributed by atoms with van der Waals surface area (Å²) < 4.78 is 29.4. The van der Waals surface area contributed by atoms with E-state index in [-0.39, 0.29) is 17.5 Å². The van der Waals surface area contributed by atoms with Gasteiger partial charge in [-0.3, -0.25) is 10.1 Å². The summed E-state index contributed by atoms with van der Waals surface area (Å²) in [6, 6.07) is 10.5. The van der Waals surface area contributed by atoms with E-state index in [9.17, 15) is 9.18 Å². The predicted molar refractivity (Wildman–Crippen MR) is 87.2 cm³/mol. The van der Waals surface area contributed by atoms with Crippen LogP contribution in [0.15, 0.2) is 46.9 Å². The first kappa shape index (κ1) is 16.4. The minimum atomic E-state index is -0.685. The average Bonchev–Trinajstić information content (AvgIpc) is 3.09. The minimum absolute atomic E-state index is 0.121. The molecular formula is C17H14FN3O4. The lowest BCUT2D eigenvalue weighted by molar-refractivity contribution is 0.102. The Labute approximate surface area is 142 Å². The number of nitrogens with zero attached hydrogens (tertiary/aromatic N) is 2. The van der Waals surface area contributed by atoms with E-state index in [1.807, 2.05) is 0 Å². The molecule has 0 spiro atoms. The van der Waals surface area contributed by atoms with Crippen LogP contribution in [0, 0.1) is 5.82 Å². The first-order valence-electron chi connectivity index (χ1n) is 7.24. The summed E-state index contributed by atoms with van der Waals surface area (Å²) in [5, 5.41) is 9.99. The van der Waals surface area contributed by atoms with Gasteiger partial charge in [0.2, 0.25) is 0 Å². The van der Waals surface area contributed by atoms with E-state index in [0.29, 0.717) is 17.1 Å². The zero-order valence-corrected chi connectivity index (χ0v) is 13.4. The van der Waals surface area contributed by atoms with E-state index in [0.717, 1.165) is 0 Å². The van der Waals surface area contributed by atoms with Gasteiger partial charge in [-0.25, -0.2) is 4.39 Å². The van der Waals surface area contributed by atoms with Crippen molar-refractivity contribution in [1.29, 1.82) is 0 Å². The van der Waals surface area contributed by atoms with Crippen LogP contribution in [0.25, 0.3) is 11.5 Å². The summed E-state index contributed by atoms with van der Waals surface area (Å²) in [7, 11) is 3.03. The van der Waals surface area contributed by atoms with Crippen LogP contribution >= 0.6 is 0 Å². The second-order valence-corrected chi connectivity index (χ2v) is 4.91. The Hall–Kier alpha value is -3.42. The lowest BCUT2D eigenvalue weighted by atomic mass is 10.2. The predicted octanol–water partition coefficient (Wildman–Crippen LogP) is 3.15. The number of hydrogen-bond acceptors (Lipinski definition) is 6. The number of halogens is 1. The van der Waals surface area contributed by atoms with E-state index >= 15 is 0 Å². The topological polar surface area (TPSA) is 86.5 Å². The number of carbonyl (C=O) groups excluding carboxylic acids is 1. The number of benzene rings is 2. The third-order valence-corrected chi connectivity index (χ3v) is 3.40. The van der Waals surface area contributed by atoms with Crippen LogP contribution in [0.5, 0.6) is 11.5 Å². The molecule has 1 N–H and O–H groups in total. The van der Waals surface area contributed by atoms with Crippen molar-refractivity contribution in [2.45, 2.75) is 0 Å². The number of ether oxygens (including phenoxy) is 2. The van der Waals surface area contributed by atoms with Crippen molar-refractivity contribution in [1.82, 2.24) is 10.2 Å². The maximum absolute atomic E-state index is 13.6. The molecule has 0 unspecified atom stereocenters. The summed E-state index contributed by atoms with van der Waals surface area (Å²) in [5.74, 6) is -0.113. The van der Waals surface area contributed by atoms with E-state index in [2.05, 4.69) is 15.5 Å². The zero-order chi connectivity index (χ0) is 17.8. The Morgan fingerprint density at radius 1 is 1.12 bits per heavy atom. The maximum atomic E-state index is 13.6. The summed E-state index contributed by atoms with van der Waals surface area (Å²) >= 11 is 0. The zero-order valence-electron chi connectivity index (χ0n) is 13.4. The van der Waals surface area contributed by atoms with Crippen molar-refractivity contribution < 1.29 is 23.1 Å². The molecule has 0 aliphatic carbocycles. The number of carbonyl (C=O) groups is 1. The van der Waals surface area contributed by atoms with Gasteiger partial charge in [-0.15, -0.1) is 5.10 Å². The molecule has 0 fully saturated rings. The summed E-state index contributed by atoms with van der Waals surface area (Å²) in [4.78, 5) is 12.1. The molecule has 0 aliphatic rings. The van der Waals surface area contributed by atoms with E-state index in [1.54, 1.807) is 24.3 Å². The maximum Gasteiger partial charge on any atom is 0.322 e. The Bertz CT molecular complexity index is 910. The molecule has 0 saturated carbocycles. The molecule has 0 bridgehead atoms. The van der Waals surface area contributed by atoms with Crippen molar-refractivity contribution in [2.24, 2.45) is 0 Å². The monoisotopic (exact) mass is 343 g/mol. The number of rotatable bonds is 5. The highest BCUT2D eigenvalue weighted by Crippen LogP contribution is 2.33. The van der Waals surface area contributed by atoms with Crippen molar-refractivity contribution in [3.8, 4) is 23.0 Å². The molecular weight excluding hydrogens is 329 g/mol. The molecule has 0 aliphatic heterocycles. The van der Waals surface area contributed by atoms with Crippen molar-refractivity contribution in [2.75, 3.05) is 19.5 Å². The normalized spacial score (nSPS) is 10.4. The molecule has 2 aromatic carbocycles.